The van der Waals surface area contributed by atoms with Gasteiger partial charge in [-0.05, 0) is 80.7 Å². The number of hydrogen-bond donors (Lipinski definition) is 1. The van der Waals surface area contributed by atoms with Gasteiger partial charge in [0.15, 0.2) is 5.54 Å². The number of likely N-dealkylation sites (N-methyl/N-ethyl adjacent to an activating group) is 1. The lowest BCUT2D eigenvalue weighted by Crippen LogP contribution is -2.49. The van der Waals surface area contributed by atoms with Gasteiger partial charge in [0.2, 0.25) is 5.88 Å². The van der Waals surface area contributed by atoms with Gasteiger partial charge in [-0.15, -0.1) is 0 Å². The first-order chi connectivity index (χ1) is 22.6. The van der Waals surface area contributed by atoms with Gasteiger partial charge in [0.25, 0.3) is 15.9 Å². The predicted molar refractivity (Wildman–Crippen MR) is 175 cm³/mol. The molecule has 3 aromatic carbocycles. The number of pyridine rings is 1. The number of methoxy groups -OCH3 is 1. The summed E-state index contributed by atoms with van der Waals surface area (Å²) in [6.45, 7) is 5.50. The summed E-state index contributed by atoms with van der Waals surface area (Å²) in [6, 6.07) is 20.1. The van der Waals surface area contributed by atoms with Crippen LogP contribution in [0.1, 0.15) is 23.6 Å². The van der Waals surface area contributed by atoms with E-state index in [1.807, 2.05) is 18.2 Å². The van der Waals surface area contributed by atoms with Crippen LogP contribution >= 0.6 is 0 Å². The number of ether oxygens (including phenoxy) is 2. The van der Waals surface area contributed by atoms with Crippen LogP contribution in [0.25, 0.3) is 0 Å². The van der Waals surface area contributed by atoms with Crippen LogP contribution in [0.2, 0.25) is 0 Å². The predicted octanol–water partition coefficient (Wildman–Crippen LogP) is 4.34. The number of halogens is 1. The molecule has 0 aliphatic carbocycles. The summed E-state index contributed by atoms with van der Waals surface area (Å²) >= 11 is 0. The van der Waals surface area contributed by atoms with Crippen molar-refractivity contribution in [3.05, 3.63) is 102 Å². The molecule has 1 fully saturated rings. The van der Waals surface area contributed by atoms with E-state index in [0.717, 1.165) is 37.9 Å². The second-order valence-electron chi connectivity index (χ2n) is 11.2. The third kappa shape index (κ3) is 5.49. The van der Waals surface area contributed by atoms with Crippen molar-refractivity contribution in [2.75, 3.05) is 61.5 Å². The summed E-state index contributed by atoms with van der Waals surface area (Å²) in [7, 11) is -1.09. The fourth-order valence-corrected chi connectivity index (χ4v) is 7.45. The molecule has 47 heavy (non-hydrogen) atoms. The number of anilines is 3. The molecule has 4 aromatic rings. The lowest BCUT2D eigenvalue weighted by Gasteiger charge is -2.34. The Balaban J connectivity index is 1.56. The second-order valence-corrected chi connectivity index (χ2v) is 13.0. The lowest BCUT2D eigenvalue weighted by atomic mass is 9.83. The zero-order chi connectivity index (χ0) is 33.3. The Labute approximate surface area is 272 Å². The SMILES string of the molecule is CCOc1ncccc1C1(Nc2ccc(N3CCN(C)CC3)cc2)C(=O)N(S(=O)(=O)c2ccc(OC)cc2)c2cc(F)c(C#N)cc21. The summed E-state index contributed by atoms with van der Waals surface area (Å²) in [5.74, 6) is -1.44. The topological polar surface area (TPSA) is 128 Å². The molecule has 1 N–H and O–H groups in total. The first-order valence-corrected chi connectivity index (χ1v) is 16.5. The Morgan fingerprint density at radius 1 is 1.02 bits per heavy atom. The van der Waals surface area contributed by atoms with Crippen molar-refractivity contribution in [1.29, 1.82) is 5.26 Å². The van der Waals surface area contributed by atoms with Crippen LogP contribution < -0.4 is 24.0 Å². The Kier molecular flexibility index (Phi) is 8.48. The molecule has 1 amide bonds. The highest BCUT2D eigenvalue weighted by Crippen LogP contribution is 2.51. The van der Waals surface area contributed by atoms with E-state index in [-0.39, 0.29) is 39.8 Å². The Morgan fingerprint density at radius 3 is 2.36 bits per heavy atom. The molecule has 2 aliphatic heterocycles. The smallest absolute Gasteiger partial charge is 0.276 e. The second kappa shape index (κ2) is 12.5. The molecular formula is C34H33FN6O5S. The van der Waals surface area contributed by atoms with Crippen molar-refractivity contribution in [3.8, 4) is 17.7 Å². The highest BCUT2D eigenvalue weighted by Gasteiger charge is 2.58. The number of carbonyl (C=O) groups is 1. The first-order valence-electron chi connectivity index (χ1n) is 15.0. The molecule has 3 heterocycles. The van der Waals surface area contributed by atoms with Crippen LogP contribution in [0.4, 0.5) is 21.5 Å². The number of piperazine rings is 1. The number of benzene rings is 3. The quantitative estimate of drug-likeness (QED) is 0.278. The lowest BCUT2D eigenvalue weighted by molar-refractivity contribution is -0.120. The average Bonchev–Trinajstić information content (AvgIpc) is 3.32. The Hall–Kier alpha value is -5.19. The summed E-state index contributed by atoms with van der Waals surface area (Å²) < 4.78 is 55.5. The van der Waals surface area contributed by atoms with Crippen molar-refractivity contribution < 1.29 is 27.1 Å². The zero-order valence-corrected chi connectivity index (χ0v) is 26.9. The number of nitrogens with one attached hydrogen (secondary N) is 1. The Bertz CT molecular complexity index is 1960. The number of sulfonamides is 1. The maximum absolute atomic E-state index is 15.3. The number of carbonyl (C=O) groups excluding carboxylic acids is 1. The number of aromatic nitrogens is 1. The van der Waals surface area contributed by atoms with Gasteiger partial charge in [-0.1, -0.05) is 0 Å². The number of fused-ring (bicyclic) bond motifs is 1. The molecule has 1 unspecified atom stereocenters. The molecule has 13 heteroatoms. The molecule has 242 valence electrons. The third-order valence-electron chi connectivity index (χ3n) is 8.46. The maximum atomic E-state index is 15.3. The monoisotopic (exact) mass is 656 g/mol. The van der Waals surface area contributed by atoms with Gasteiger partial charge in [0.1, 0.15) is 17.6 Å². The van der Waals surface area contributed by atoms with Crippen LogP contribution in [0, 0.1) is 17.1 Å². The Morgan fingerprint density at radius 2 is 1.72 bits per heavy atom. The standard InChI is InChI=1S/C34H33FN6O5S/c1-4-46-32-28(6-5-15-37-32)34(38-24-7-9-25(10-8-24)40-18-16-39(2)17-19-40)29-20-23(22-36)30(35)21-31(29)41(33(34)42)47(43,44)27-13-11-26(45-3)12-14-27/h5-15,20-21,38H,4,16-19H2,1-3H3. The van der Waals surface area contributed by atoms with Crippen LogP contribution in [0.15, 0.2) is 83.9 Å². The summed E-state index contributed by atoms with van der Waals surface area (Å²) in [4.78, 5) is 23.7. The molecule has 1 aromatic heterocycles. The first kappa shape index (κ1) is 31.8. The molecule has 0 saturated carbocycles. The van der Waals surface area contributed by atoms with Crippen molar-refractivity contribution in [1.82, 2.24) is 9.88 Å². The van der Waals surface area contributed by atoms with Gasteiger partial charge >= 0.3 is 0 Å². The largest absolute Gasteiger partial charge is 0.497 e. The summed E-state index contributed by atoms with van der Waals surface area (Å²) in [6.07, 6.45) is 1.49. The van der Waals surface area contributed by atoms with Crippen molar-refractivity contribution in [3.63, 3.8) is 0 Å². The van der Waals surface area contributed by atoms with Crippen LogP contribution in [0.5, 0.6) is 11.6 Å². The van der Waals surface area contributed by atoms with Gasteiger partial charge < -0.3 is 24.6 Å². The molecule has 11 nitrogen and oxygen atoms in total. The molecule has 0 radical (unpaired) electrons. The molecule has 0 bridgehead atoms. The fourth-order valence-electron chi connectivity index (χ4n) is 6.00. The van der Waals surface area contributed by atoms with E-state index in [1.165, 1.54) is 43.6 Å². The van der Waals surface area contributed by atoms with E-state index in [1.54, 1.807) is 31.2 Å². The third-order valence-corrected chi connectivity index (χ3v) is 10.2. The number of nitrogens with zero attached hydrogens (tertiary/aromatic N) is 5. The van der Waals surface area contributed by atoms with Crippen LogP contribution in [-0.4, -0.2) is 71.2 Å². The average molecular weight is 657 g/mol. The molecule has 1 saturated heterocycles. The van der Waals surface area contributed by atoms with Crippen molar-refractivity contribution in [2.24, 2.45) is 0 Å². The van der Waals surface area contributed by atoms with Crippen molar-refractivity contribution in [2.45, 2.75) is 17.4 Å². The molecule has 6 rings (SSSR count). The van der Waals surface area contributed by atoms with Crippen LogP contribution in [0.3, 0.4) is 0 Å². The van der Waals surface area contributed by atoms with E-state index in [9.17, 15) is 13.7 Å². The highest BCUT2D eigenvalue weighted by molar-refractivity contribution is 7.93. The molecule has 0 spiro atoms. The fraction of sp³-hybridized carbons (Fsp3) is 0.265. The molecule has 1 atom stereocenters. The van der Waals surface area contributed by atoms with E-state index in [2.05, 4.69) is 27.1 Å². The minimum Gasteiger partial charge on any atom is -0.497 e. The summed E-state index contributed by atoms with van der Waals surface area (Å²) in [5.41, 5.74) is -0.894. The minimum absolute atomic E-state index is 0.0506. The van der Waals surface area contributed by atoms with Gasteiger partial charge in [0.05, 0.1) is 35.4 Å². The van der Waals surface area contributed by atoms with Gasteiger partial charge in [-0.3, -0.25) is 4.79 Å². The normalized spacial score (nSPS) is 18.1. The number of hydrogen-bond acceptors (Lipinski definition) is 10. The number of rotatable bonds is 9. The van der Waals surface area contributed by atoms with Gasteiger partial charge in [0, 0.05) is 55.4 Å². The van der Waals surface area contributed by atoms with E-state index >= 15 is 9.18 Å². The number of nitriles is 1. The molecule has 2 aliphatic rings. The van der Waals surface area contributed by atoms with E-state index < -0.39 is 27.3 Å². The van der Waals surface area contributed by atoms with Gasteiger partial charge in [-0.25, -0.2) is 17.8 Å². The van der Waals surface area contributed by atoms with Gasteiger partial charge in [-0.2, -0.15) is 9.57 Å². The van der Waals surface area contributed by atoms with Crippen LogP contribution in [-0.2, 0) is 20.4 Å². The number of amides is 1. The zero-order valence-electron chi connectivity index (χ0n) is 26.1. The van der Waals surface area contributed by atoms with E-state index in [0.29, 0.717) is 15.7 Å². The highest BCUT2D eigenvalue weighted by atomic mass is 32.2. The van der Waals surface area contributed by atoms with Crippen molar-refractivity contribution >= 4 is 33.0 Å². The minimum atomic E-state index is -4.62. The summed E-state index contributed by atoms with van der Waals surface area (Å²) in [5, 5.41) is 13.1. The van der Waals surface area contributed by atoms with E-state index in [4.69, 9.17) is 9.47 Å². The maximum Gasteiger partial charge on any atom is 0.276 e. The molecular weight excluding hydrogens is 623 g/mol.